The second kappa shape index (κ2) is 7.09. The Morgan fingerprint density at radius 1 is 1.08 bits per heavy atom. The molecule has 8 nitrogen and oxygen atoms in total. The van der Waals surface area contributed by atoms with Gasteiger partial charge in [-0.05, 0) is 29.9 Å². The van der Waals surface area contributed by atoms with Crippen molar-refractivity contribution in [1.82, 2.24) is 10.6 Å². The first-order valence-corrected chi connectivity index (χ1v) is 7.05. The molecule has 0 radical (unpaired) electrons. The molecule has 0 aromatic heterocycles. The highest BCUT2D eigenvalue weighted by atomic mass is 32.1. The van der Waals surface area contributed by atoms with Gasteiger partial charge < -0.3 is 14.2 Å². The molecule has 1 saturated heterocycles. The molecule has 1 aliphatic rings. The number of carbonyl (C=O) groups excluding carboxylic acids is 3. The van der Waals surface area contributed by atoms with Crippen LogP contribution in [-0.2, 0) is 14.3 Å². The second-order valence-corrected chi connectivity index (χ2v) is 4.96. The van der Waals surface area contributed by atoms with Gasteiger partial charge in [0.05, 0.1) is 21.3 Å². The molecule has 126 valence electrons. The third kappa shape index (κ3) is 3.20. The largest absolute Gasteiger partial charge is 0.493 e. The number of hydrogen-bond acceptors (Lipinski definition) is 7. The molecule has 0 unspecified atom stereocenters. The quantitative estimate of drug-likeness (QED) is 0.351. The number of ether oxygens (including phenoxy) is 3. The second-order valence-electron chi connectivity index (χ2n) is 4.55. The first-order valence-electron chi connectivity index (χ1n) is 6.64. The Balaban J connectivity index is 2.64. The molecule has 0 bridgehead atoms. The van der Waals surface area contributed by atoms with Gasteiger partial charge in [0.15, 0.2) is 16.6 Å². The van der Waals surface area contributed by atoms with Crippen LogP contribution < -0.4 is 20.1 Å². The number of rotatable bonds is 4. The Bertz CT molecular complexity index is 749. The smallest absolute Gasteiger partial charge is 0.342 e. The minimum absolute atomic E-state index is 0.0283. The zero-order chi connectivity index (χ0) is 17.9. The van der Waals surface area contributed by atoms with Crippen molar-refractivity contribution in [3.8, 4) is 11.5 Å². The van der Waals surface area contributed by atoms with Crippen LogP contribution in [0.25, 0.3) is 6.08 Å². The monoisotopic (exact) mass is 350 g/mol. The van der Waals surface area contributed by atoms with Crippen LogP contribution in [0, 0.1) is 0 Å². The fourth-order valence-corrected chi connectivity index (χ4v) is 2.32. The molecule has 1 aromatic carbocycles. The molecule has 0 saturated carbocycles. The van der Waals surface area contributed by atoms with Crippen LogP contribution in [0.3, 0.4) is 0 Å². The highest BCUT2D eigenvalue weighted by Crippen LogP contribution is 2.35. The minimum Gasteiger partial charge on any atom is -0.493 e. The summed E-state index contributed by atoms with van der Waals surface area (Å²) in [6.07, 6.45) is 1.25. The summed E-state index contributed by atoms with van der Waals surface area (Å²) in [5.74, 6) is -1.61. The number of thiocarbonyl (C=S) groups is 1. The van der Waals surface area contributed by atoms with Gasteiger partial charge in [0.2, 0.25) is 0 Å². The molecule has 0 atom stereocenters. The molecule has 1 heterocycles. The maximum Gasteiger partial charge on any atom is 0.342 e. The van der Waals surface area contributed by atoms with Crippen LogP contribution in [0.5, 0.6) is 11.5 Å². The molecule has 2 amide bonds. The van der Waals surface area contributed by atoms with E-state index in [1.54, 1.807) is 6.07 Å². The van der Waals surface area contributed by atoms with Crippen molar-refractivity contribution in [3.63, 3.8) is 0 Å². The van der Waals surface area contributed by atoms with Crippen molar-refractivity contribution in [2.24, 2.45) is 0 Å². The Hall–Kier alpha value is -2.94. The lowest BCUT2D eigenvalue weighted by molar-refractivity contribution is -0.123. The van der Waals surface area contributed by atoms with E-state index < -0.39 is 17.8 Å². The first kappa shape index (κ1) is 17.4. The molecule has 0 spiro atoms. The van der Waals surface area contributed by atoms with Crippen LogP contribution in [-0.4, -0.2) is 44.2 Å². The lowest BCUT2D eigenvalue weighted by atomic mass is 10.0. The molecule has 2 N–H and O–H groups in total. The summed E-state index contributed by atoms with van der Waals surface area (Å²) >= 11 is 4.73. The standard InChI is InChI=1S/C15H14N2O6S/c1-21-9-5-4-7(10(11(9)22-2)14(20)23-3)6-8-12(18)16-15(24)17-13(8)19/h4-6H,1-3H3,(H2,16,17,18,19,24). The summed E-state index contributed by atoms with van der Waals surface area (Å²) in [6, 6.07) is 3.05. The van der Waals surface area contributed by atoms with Crippen LogP contribution in [0.4, 0.5) is 0 Å². The third-order valence-corrected chi connectivity index (χ3v) is 3.41. The first-order chi connectivity index (χ1) is 11.4. The van der Waals surface area contributed by atoms with Crippen molar-refractivity contribution in [1.29, 1.82) is 0 Å². The average Bonchev–Trinajstić information content (AvgIpc) is 2.56. The average molecular weight is 350 g/mol. The van der Waals surface area contributed by atoms with Gasteiger partial charge >= 0.3 is 5.97 Å². The van der Waals surface area contributed by atoms with Crippen LogP contribution in [0.15, 0.2) is 17.7 Å². The van der Waals surface area contributed by atoms with Crippen LogP contribution >= 0.6 is 12.2 Å². The summed E-state index contributed by atoms with van der Waals surface area (Å²) in [7, 11) is 3.98. The van der Waals surface area contributed by atoms with Gasteiger partial charge in [-0.25, -0.2) is 4.79 Å². The lowest BCUT2D eigenvalue weighted by Gasteiger charge is -2.18. The number of hydrogen-bond donors (Lipinski definition) is 2. The SMILES string of the molecule is COC(=O)c1c(C=C2C(=O)NC(=S)NC2=O)ccc(OC)c1OC. The van der Waals surface area contributed by atoms with Gasteiger partial charge in [0.1, 0.15) is 11.1 Å². The van der Waals surface area contributed by atoms with E-state index in [1.165, 1.54) is 33.5 Å². The number of benzene rings is 1. The zero-order valence-electron chi connectivity index (χ0n) is 13.1. The molecular weight excluding hydrogens is 336 g/mol. The molecular formula is C15H14N2O6S. The highest BCUT2D eigenvalue weighted by Gasteiger charge is 2.28. The Morgan fingerprint density at radius 2 is 1.71 bits per heavy atom. The number of esters is 1. The topological polar surface area (TPSA) is 103 Å². The van der Waals surface area contributed by atoms with E-state index >= 15 is 0 Å². The zero-order valence-corrected chi connectivity index (χ0v) is 13.9. The third-order valence-electron chi connectivity index (χ3n) is 3.21. The molecule has 2 rings (SSSR count). The minimum atomic E-state index is -0.704. The van der Waals surface area contributed by atoms with E-state index in [0.29, 0.717) is 5.75 Å². The van der Waals surface area contributed by atoms with Gasteiger partial charge in [-0.15, -0.1) is 0 Å². The predicted octanol–water partition coefficient (Wildman–Crippen LogP) is 0.405. The molecule has 1 aromatic rings. The van der Waals surface area contributed by atoms with Gasteiger partial charge in [0.25, 0.3) is 11.8 Å². The molecule has 1 aliphatic heterocycles. The van der Waals surface area contributed by atoms with Gasteiger partial charge in [-0.3, -0.25) is 20.2 Å². The molecule has 0 aliphatic carbocycles. The van der Waals surface area contributed by atoms with Crippen LogP contribution in [0.1, 0.15) is 15.9 Å². The van der Waals surface area contributed by atoms with Crippen molar-refractivity contribution >= 4 is 41.2 Å². The number of nitrogens with one attached hydrogen (secondary N) is 2. The number of methoxy groups -OCH3 is 3. The highest BCUT2D eigenvalue weighted by molar-refractivity contribution is 7.80. The van der Waals surface area contributed by atoms with Crippen molar-refractivity contribution in [2.75, 3.05) is 21.3 Å². The molecule has 1 fully saturated rings. The fourth-order valence-electron chi connectivity index (χ4n) is 2.14. The fraction of sp³-hybridized carbons (Fsp3) is 0.200. The van der Waals surface area contributed by atoms with Gasteiger partial charge in [0, 0.05) is 0 Å². The van der Waals surface area contributed by atoms with E-state index in [4.69, 9.17) is 26.4 Å². The summed E-state index contributed by atoms with van der Waals surface area (Å²) in [4.78, 5) is 36.0. The Labute approximate surface area is 142 Å². The summed E-state index contributed by atoms with van der Waals surface area (Å²) in [6.45, 7) is 0. The molecule has 24 heavy (non-hydrogen) atoms. The van der Waals surface area contributed by atoms with Crippen molar-refractivity contribution < 1.29 is 28.6 Å². The Morgan fingerprint density at radius 3 is 2.21 bits per heavy atom. The summed E-state index contributed by atoms with van der Waals surface area (Å²) in [5, 5.41) is 4.55. The van der Waals surface area contributed by atoms with E-state index in [-0.39, 0.29) is 27.6 Å². The van der Waals surface area contributed by atoms with Gasteiger partial charge in [-0.2, -0.15) is 0 Å². The van der Waals surface area contributed by atoms with E-state index in [0.717, 1.165) is 0 Å². The normalized spacial score (nSPS) is 13.8. The summed E-state index contributed by atoms with van der Waals surface area (Å²) in [5.41, 5.74) is 0.0780. The van der Waals surface area contributed by atoms with E-state index in [9.17, 15) is 14.4 Å². The van der Waals surface area contributed by atoms with E-state index in [2.05, 4.69) is 10.6 Å². The van der Waals surface area contributed by atoms with Crippen molar-refractivity contribution in [3.05, 3.63) is 28.8 Å². The number of amides is 2. The maximum absolute atomic E-state index is 12.1. The van der Waals surface area contributed by atoms with Crippen molar-refractivity contribution in [2.45, 2.75) is 0 Å². The summed E-state index contributed by atoms with van der Waals surface area (Å²) < 4.78 is 15.1. The van der Waals surface area contributed by atoms with E-state index in [1.807, 2.05) is 0 Å². The Kier molecular flexibility index (Phi) is 5.14. The van der Waals surface area contributed by atoms with Gasteiger partial charge in [-0.1, -0.05) is 6.07 Å². The maximum atomic E-state index is 12.1. The predicted molar refractivity (Wildman–Crippen MR) is 87.7 cm³/mol. The van der Waals surface area contributed by atoms with Crippen LogP contribution in [0.2, 0.25) is 0 Å². The number of carbonyl (C=O) groups is 3. The molecule has 9 heteroatoms. The lowest BCUT2D eigenvalue weighted by Crippen LogP contribution is -2.51.